The molecular formula is C18H27ClN2O3. The fourth-order valence-corrected chi connectivity index (χ4v) is 2.49. The summed E-state index contributed by atoms with van der Waals surface area (Å²) in [6.07, 6.45) is 2.67. The molecule has 0 aliphatic heterocycles. The van der Waals surface area contributed by atoms with E-state index in [1.54, 1.807) is 12.0 Å². The molecule has 0 spiro atoms. The first-order chi connectivity index (χ1) is 11.3. The number of benzene rings is 1. The van der Waals surface area contributed by atoms with Crippen molar-refractivity contribution in [3.05, 3.63) is 23.2 Å². The number of carbonyl (C=O) groups is 1. The summed E-state index contributed by atoms with van der Waals surface area (Å²) in [5.41, 5.74) is 1.07. The van der Waals surface area contributed by atoms with E-state index < -0.39 is 11.7 Å². The average Bonchev–Trinajstić information content (AvgIpc) is 3.28. The lowest BCUT2D eigenvalue weighted by Gasteiger charge is -2.28. The molecule has 0 unspecified atom stereocenters. The zero-order chi connectivity index (χ0) is 17.7. The minimum atomic E-state index is -0.563. The van der Waals surface area contributed by atoms with Crippen molar-refractivity contribution in [3.8, 4) is 0 Å². The molecule has 0 saturated heterocycles. The van der Waals surface area contributed by atoms with Crippen molar-refractivity contribution in [2.24, 2.45) is 0 Å². The Morgan fingerprint density at radius 2 is 2.08 bits per heavy atom. The van der Waals surface area contributed by atoms with Gasteiger partial charge in [0.15, 0.2) is 0 Å². The number of anilines is 2. The van der Waals surface area contributed by atoms with Gasteiger partial charge < -0.3 is 14.8 Å². The predicted molar refractivity (Wildman–Crippen MR) is 98.2 cm³/mol. The number of hydrogen-bond donors (Lipinski definition) is 1. The van der Waals surface area contributed by atoms with Gasteiger partial charge in [0.05, 0.1) is 10.7 Å². The predicted octanol–water partition coefficient (Wildman–Crippen LogP) is 4.69. The third kappa shape index (κ3) is 5.87. The Morgan fingerprint density at radius 3 is 2.67 bits per heavy atom. The van der Waals surface area contributed by atoms with Gasteiger partial charge in [0.2, 0.25) is 0 Å². The molecule has 0 heterocycles. The lowest BCUT2D eigenvalue weighted by molar-refractivity contribution is 0.0577. The molecule has 0 aromatic heterocycles. The van der Waals surface area contributed by atoms with Crippen molar-refractivity contribution < 1.29 is 14.3 Å². The second kappa shape index (κ2) is 8.08. The summed E-state index contributed by atoms with van der Waals surface area (Å²) >= 11 is 6.36. The van der Waals surface area contributed by atoms with Crippen LogP contribution in [-0.4, -0.2) is 38.0 Å². The van der Waals surface area contributed by atoms with Gasteiger partial charge in [0, 0.05) is 32.0 Å². The van der Waals surface area contributed by atoms with Crippen LogP contribution in [0.15, 0.2) is 18.2 Å². The van der Waals surface area contributed by atoms with Crippen LogP contribution in [0.4, 0.5) is 16.2 Å². The molecule has 24 heavy (non-hydrogen) atoms. The minimum absolute atomic E-state index is 0.399. The van der Waals surface area contributed by atoms with Gasteiger partial charge in [-0.3, -0.25) is 4.90 Å². The quantitative estimate of drug-likeness (QED) is 0.721. The van der Waals surface area contributed by atoms with E-state index in [4.69, 9.17) is 21.1 Å². The van der Waals surface area contributed by atoms with Gasteiger partial charge in [-0.25, -0.2) is 4.79 Å². The number of nitrogens with zero attached hydrogens (tertiary/aromatic N) is 1. The van der Waals surface area contributed by atoms with Gasteiger partial charge in [0.1, 0.15) is 5.60 Å². The van der Waals surface area contributed by atoms with E-state index in [-0.39, 0.29) is 0 Å². The van der Waals surface area contributed by atoms with E-state index in [1.807, 2.05) is 39.0 Å². The highest BCUT2D eigenvalue weighted by Crippen LogP contribution is 2.33. The van der Waals surface area contributed by atoms with E-state index in [0.717, 1.165) is 5.69 Å². The normalized spacial score (nSPS) is 14.4. The van der Waals surface area contributed by atoms with Crippen LogP contribution in [0, 0.1) is 0 Å². The summed E-state index contributed by atoms with van der Waals surface area (Å²) in [6.45, 7) is 6.60. The van der Waals surface area contributed by atoms with Gasteiger partial charge in [-0.1, -0.05) is 11.6 Å². The Morgan fingerprint density at radius 1 is 1.38 bits per heavy atom. The highest BCUT2D eigenvalue weighted by molar-refractivity contribution is 6.33. The summed E-state index contributed by atoms with van der Waals surface area (Å²) in [4.78, 5) is 14.2. The summed E-state index contributed by atoms with van der Waals surface area (Å²) in [5, 5.41) is 3.96. The first kappa shape index (κ1) is 18.9. The number of ether oxygens (including phenoxy) is 2. The molecule has 1 amide bonds. The summed E-state index contributed by atoms with van der Waals surface area (Å²) in [6, 6.07) is 6.20. The molecule has 2 rings (SSSR count). The van der Waals surface area contributed by atoms with Crippen LogP contribution in [0.5, 0.6) is 0 Å². The van der Waals surface area contributed by atoms with E-state index in [1.165, 1.54) is 12.8 Å². The van der Waals surface area contributed by atoms with E-state index in [0.29, 0.717) is 36.3 Å². The molecule has 0 bridgehead atoms. The zero-order valence-electron chi connectivity index (χ0n) is 14.9. The van der Waals surface area contributed by atoms with Crippen LogP contribution in [0.1, 0.15) is 40.0 Å². The van der Waals surface area contributed by atoms with Crippen LogP contribution in [-0.2, 0) is 9.47 Å². The molecule has 1 saturated carbocycles. The molecule has 6 heteroatoms. The second-order valence-corrected chi connectivity index (χ2v) is 7.47. The molecule has 134 valence electrons. The molecule has 1 aliphatic rings. The zero-order valence-corrected chi connectivity index (χ0v) is 15.7. The SMILES string of the molecule is COCCCN(C(=O)OC(C)(C)C)c1cc(NC2CC2)ccc1Cl. The Balaban J connectivity index is 2.21. The monoisotopic (exact) mass is 354 g/mol. The van der Waals surface area contributed by atoms with Crippen molar-refractivity contribution in [2.75, 3.05) is 30.5 Å². The van der Waals surface area contributed by atoms with Crippen LogP contribution in [0.3, 0.4) is 0 Å². The Hall–Kier alpha value is -1.46. The second-order valence-electron chi connectivity index (χ2n) is 7.06. The van der Waals surface area contributed by atoms with Crippen LogP contribution < -0.4 is 10.2 Å². The van der Waals surface area contributed by atoms with Crippen molar-refractivity contribution in [2.45, 2.75) is 51.7 Å². The van der Waals surface area contributed by atoms with Crippen molar-refractivity contribution in [1.82, 2.24) is 0 Å². The lowest BCUT2D eigenvalue weighted by atomic mass is 10.2. The highest BCUT2D eigenvalue weighted by Gasteiger charge is 2.26. The van der Waals surface area contributed by atoms with E-state index in [2.05, 4.69) is 5.32 Å². The molecule has 1 aliphatic carbocycles. The summed E-state index contributed by atoms with van der Waals surface area (Å²) < 4.78 is 10.6. The minimum Gasteiger partial charge on any atom is -0.443 e. The maximum atomic E-state index is 12.6. The lowest BCUT2D eigenvalue weighted by Crippen LogP contribution is -2.38. The van der Waals surface area contributed by atoms with Crippen LogP contribution in [0.25, 0.3) is 0 Å². The number of halogens is 1. The molecule has 1 aromatic carbocycles. The van der Waals surface area contributed by atoms with Crippen molar-refractivity contribution in [3.63, 3.8) is 0 Å². The van der Waals surface area contributed by atoms with Crippen molar-refractivity contribution in [1.29, 1.82) is 0 Å². The highest BCUT2D eigenvalue weighted by atomic mass is 35.5. The fraction of sp³-hybridized carbons (Fsp3) is 0.611. The summed E-state index contributed by atoms with van der Waals surface area (Å²) in [5.74, 6) is 0. The standard InChI is InChI=1S/C18H27ClN2O3/c1-18(2,3)24-17(22)21(10-5-11-23-4)16-12-14(8-9-15(16)19)20-13-6-7-13/h8-9,12-13,20H,5-7,10-11H2,1-4H3. The number of hydrogen-bond acceptors (Lipinski definition) is 4. The average molecular weight is 355 g/mol. The maximum Gasteiger partial charge on any atom is 0.414 e. The first-order valence-electron chi connectivity index (χ1n) is 8.35. The molecule has 0 radical (unpaired) electrons. The third-order valence-corrected chi connectivity index (χ3v) is 3.85. The first-order valence-corrected chi connectivity index (χ1v) is 8.73. The topological polar surface area (TPSA) is 50.8 Å². The smallest absolute Gasteiger partial charge is 0.414 e. The van der Waals surface area contributed by atoms with Gasteiger partial charge in [-0.05, 0) is 58.2 Å². The number of nitrogens with one attached hydrogen (secondary N) is 1. The van der Waals surface area contributed by atoms with Crippen molar-refractivity contribution >= 4 is 29.1 Å². The summed E-state index contributed by atoms with van der Waals surface area (Å²) in [7, 11) is 1.64. The number of methoxy groups -OCH3 is 1. The van der Waals surface area contributed by atoms with Gasteiger partial charge >= 0.3 is 6.09 Å². The van der Waals surface area contributed by atoms with Gasteiger partial charge in [-0.15, -0.1) is 0 Å². The number of carbonyl (C=O) groups excluding carboxylic acids is 1. The Labute approximate surface area is 149 Å². The molecule has 1 fully saturated rings. The third-order valence-electron chi connectivity index (χ3n) is 3.53. The molecule has 5 nitrogen and oxygen atoms in total. The molecule has 0 atom stereocenters. The number of amides is 1. The molecular weight excluding hydrogens is 328 g/mol. The van der Waals surface area contributed by atoms with Crippen LogP contribution in [0.2, 0.25) is 5.02 Å². The molecule has 1 aromatic rings. The van der Waals surface area contributed by atoms with E-state index in [9.17, 15) is 4.79 Å². The maximum absolute atomic E-state index is 12.6. The molecule has 1 N–H and O–H groups in total. The van der Waals surface area contributed by atoms with Gasteiger partial charge in [0.25, 0.3) is 0 Å². The fourth-order valence-electron chi connectivity index (χ4n) is 2.27. The number of rotatable bonds is 7. The Bertz CT molecular complexity index is 568. The van der Waals surface area contributed by atoms with E-state index >= 15 is 0 Å². The van der Waals surface area contributed by atoms with Gasteiger partial charge in [-0.2, -0.15) is 0 Å². The largest absolute Gasteiger partial charge is 0.443 e. The Kier molecular flexibility index (Phi) is 6.35. The van der Waals surface area contributed by atoms with Crippen LogP contribution >= 0.6 is 11.6 Å².